The monoisotopic (exact) mass is 916 g/mol. The molecular formula is C59H113NO5. The van der Waals surface area contributed by atoms with E-state index >= 15 is 0 Å². The van der Waals surface area contributed by atoms with Crippen LogP contribution in [0.25, 0.3) is 0 Å². The Bertz CT molecular complexity index is 1030. The summed E-state index contributed by atoms with van der Waals surface area (Å²) in [4.78, 5) is 26.2. The van der Waals surface area contributed by atoms with E-state index in [9.17, 15) is 19.8 Å². The summed E-state index contributed by atoms with van der Waals surface area (Å²) in [5, 5.41) is 23.9. The third-order valence-corrected chi connectivity index (χ3v) is 13.6. The number of rotatable bonds is 53. The molecule has 6 heteroatoms. The summed E-state index contributed by atoms with van der Waals surface area (Å²) in [6, 6.07) is -0.703. The maximum absolute atomic E-state index is 13.3. The zero-order chi connectivity index (χ0) is 47.4. The van der Waals surface area contributed by atoms with E-state index in [1.54, 1.807) is 0 Å². The first-order valence-corrected chi connectivity index (χ1v) is 29.1. The van der Waals surface area contributed by atoms with Crippen molar-refractivity contribution in [1.82, 2.24) is 5.32 Å². The lowest BCUT2D eigenvalue weighted by atomic mass is 10.0. The first-order valence-electron chi connectivity index (χ1n) is 29.1. The molecule has 3 unspecified atom stereocenters. The molecule has 0 saturated heterocycles. The third-order valence-electron chi connectivity index (χ3n) is 13.6. The van der Waals surface area contributed by atoms with Crippen LogP contribution < -0.4 is 5.32 Å². The fourth-order valence-electron chi connectivity index (χ4n) is 9.13. The third kappa shape index (κ3) is 48.6. The van der Waals surface area contributed by atoms with E-state index in [-0.39, 0.29) is 24.9 Å². The molecule has 0 aromatic carbocycles. The highest BCUT2D eigenvalue weighted by molar-refractivity contribution is 5.77. The van der Waals surface area contributed by atoms with E-state index in [1.807, 2.05) is 0 Å². The predicted octanol–water partition coefficient (Wildman–Crippen LogP) is 17.9. The van der Waals surface area contributed by atoms with Crippen molar-refractivity contribution in [3.63, 3.8) is 0 Å². The van der Waals surface area contributed by atoms with E-state index in [0.717, 1.165) is 57.8 Å². The summed E-state index contributed by atoms with van der Waals surface area (Å²) in [6.45, 7) is 6.51. The molecule has 0 aliphatic carbocycles. The fraction of sp³-hybridized carbons (Fsp3) is 0.898. The minimum Gasteiger partial charge on any atom is -0.462 e. The quantitative estimate of drug-likeness (QED) is 0.0321. The Kier molecular flexibility index (Phi) is 51.9. The fourth-order valence-corrected chi connectivity index (χ4v) is 9.13. The Hall–Kier alpha value is -1.66. The second kappa shape index (κ2) is 53.3. The number of nitrogens with one attached hydrogen (secondary N) is 1. The molecule has 0 fully saturated rings. The van der Waals surface area contributed by atoms with Gasteiger partial charge in [-0.3, -0.25) is 9.59 Å². The first kappa shape index (κ1) is 63.3. The van der Waals surface area contributed by atoms with Crippen LogP contribution >= 0.6 is 0 Å². The summed E-state index contributed by atoms with van der Waals surface area (Å²) in [5.74, 6) is -0.485. The lowest BCUT2D eigenvalue weighted by Gasteiger charge is -2.24. The number of carbonyl (C=O) groups is 2. The van der Waals surface area contributed by atoms with Gasteiger partial charge < -0.3 is 20.3 Å². The molecule has 0 saturated carbocycles. The standard InChI is InChI=1S/C59H113NO5/c1-4-7-10-13-16-19-22-25-28-30-33-36-39-42-45-48-51-57(62)56(54-61)60-58(63)53-55(50-47-44-41-38-35-32-27-24-21-18-15-12-9-6-3)65-59(64)52-49-46-43-40-37-34-31-29-26-23-20-17-14-11-8-5-2/h29,31,34,37,55-57,61-62H,4-28,30,32-33,35-36,38-54H2,1-3H3,(H,60,63)/b31-29+,37-34+. The topological polar surface area (TPSA) is 95.9 Å². The Morgan fingerprint density at radius 2 is 0.769 bits per heavy atom. The summed E-state index contributed by atoms with van der Waals surface area (Å²) in [6.07, 6.45) is 62.4. The molecule has 0 aliphatic rings. The van der Waals surface area contributed by atoms with Gasteiger partial charge in [0.1, 0.15) is 6.10 Å². The maximum atomic E-state index is 13.3. The number of ether oxygens (including phenoxy) is 1. The van der Waals surface area contributed by atoms with Crippen LogP contribution in [0.3, 0.4) is 0 Å². The van der Waals surface area contributed by atoms with Gasteiger partial charge in [-0.25, -0.2) is 0 Å². The molecule has 3 atom stereocenters. The van der Waals surface area contributed by atoms with Crippen LogP contribution in [-0.2, 0) is 14.3 Å². The minimum absolute atomic E-state index is 0.0731. The van der Waals surface area contributed by atoms with Gasteiger partial charge in [0.2, 0.25) is 5.91 Å². The number of hydrogen-bond acceptors (Lipinski definition) is 5. The molecule has 0 heterocycles. The molecule has 0 aromatic rings. The maximum Gasteiger partial charge on any atom is 0.306 e. The zero-order valence-electron chi connectivity index (χ0n) is 43.9. The minimum atomic E-state index is -0.789. The van der Waals surface area contributed by atoms with E-state index in [1.165, 1.54) is 212 Å². The van der Waals surface area contributed by atoms with E-state index in [2.05, 4.69) is 50.4 Å². The molecule has 0 spiro atoms. The molecule has 1 amide bonds. The van der Waals surface area contributed by atoms with Gasteiger partial charge in [-0.1, -0.05) is 276 Å². The van der Waals surface area contributed by atoms with Crippen molar-refractivity contribution in [3.8, 4) is 0 Å². The van der Waals surface area contributed by atoms with Crippen molar-refractivity contribution in [2.75, 3.05) is 6.61 Å². The molecular weight excluding hydrogens is 803 g/mol. The smallest absolute Gasteiger partial charge is 0.306 e. The van der Waals surface area contributed by atoms with Crippen molar-refractivity contribution in [2.45, 2.75) is 334 Å². The largest absolute Gasteiger partial charge is 0.462 e. The van der Waals surface area contributed by atoms with Crippen molar-refractivity contribution >= 4 is 11.9 Å². The predicted molar refractivity (Wildman–Crippen MR) is 283 cm³/mol. The molecule has 3 N–H and O–H groups in total. The highest BCUT2D eigenvalue weighted by Gasteiger charge is 2.24. The van der Waals surface area contributed by atoms with Gasteiger partial charge in [-0.2, -0.15) is 0 Å². The van der Waals surface area contributed by atoms with Crippen LogP contribution in [-0.4, -0.2) is 46.9 Å². The van der Waals surface area contributed by atoms with Crippen LogP contribution in [0.15, 0.2) is 24.3 Å². The van der Waals surface area contributed by atoms with Crippen molar-refractivity contribution in [1.29, 1.82) is 0 Å². The van der Waals surface area contributed by atoms with Crippen molar-refractivity contribution in [2.24, 2.45) is 0 Å². The van der Waals surface area contributed by atoms with Crippen LogP contribution in [0.2, 0.25) is 0 Å². The van der Waals surface area contributed by atoms with E-state index in [4.69, 9.17) is 4.74 Å². The number of carbonyl (C=O) groups excluding carboxylic acids is 2. The Morgan fingerprint density at radius 3 is 1.14 bits per heavy atom. The number of hydrogen-bond donors (Lipinski definition) is 3. The number of esters is 1. The highest BCUT2D eigenvalue weighted by Crippen LogP contribution is 2.19. The number of aliphatic hydroxyl groups excluding tert-OH is 2. The molecule has 384 valence electrons. The molecule has 0 radical (unpaired) electrons. The Morgan fingerprint density at radius 1 is 0.446 bits per heavy atom. The summed E-state index contributed by atoms with van der Waals surface area (Å²) in [7, 11) is 0. The van der Waals surface area contributed by atoms with Crippen molar-refractivity contribution < 1.29 is 24.5 Å². The highest BCUT2D eigenvalue weighted by atomic mass is 16.5. The Balaban J connectivity index is 4.54. The average molecular weight is 917 g/mol. The van der Waals surface area contributed by atoms with Gasteiger partial charge in [0, 0.05) is 6.42 Å². The molecule has 0 bridgehead atoms. The van der Waals surface area contributed by atoms with Crippen LogP contribution in [0.5, 0.6) is 0 Å². The zero-order valence-corrected chi connectivity index (χ0v) is 43.9. The van der Waals surface area contributed by atoms with Gasteiger partial charge in [-0.15, -0.1) is 0 Å². The summed E-state index contributed by atoms with van der Waals surface area (Å²) < 4.78 is 5.95. The summed E-state index contributed by atoms with van der Waals surface area (Å²) in [5.41, 5.74) is 0. The molecule has 65 heavy (non-hydrogen) atoms. The molecule has 6 nitrogen and oxygen atoms in total. The van der Waals surface area contributed by atoms with Crippen molar-refractivity contribution in [3.05, 3.63) is 24.3 Å². The molecule has 0 rings (SSSR count). The van der Waals surface area contributed by atoms with Gasteiger partial charge in [0.25, 0.3) is 0 Å². The molecule has 0 aromatic heterocycles. The van der Waals surface area contributed by atoms with Crippen LogP contribution in [0.4, 0.5) is 0 Å². The molecule has 0 aliphatic heterocycles. The lowest BCUT2D eigenvalue weighted by molar-refractivity contribution is -0.151. The summed E-state index contributed by atoms with van der Waals surface area (Å²) >= 11 is 0. The number of allylic oxidation sites excluding steroid dienone is 4. The second-order valence-electron chi connectivity index (χ2n) is 20.1. The van der Waals surface area contributed by atoms with Crippen LogP contribution in [0.1, 0.15) is 316 Å². The number of unbranched alkanes of at least 4 members (excludes halogenated alkanes) is 38. The Labute approximate surface area is 405 Å². The first-order chi connectivity index (χ1) is 32.0. The van der Waals surface area contributed by atoms with Gasteiger partial charge >= 0.3 is 5.97 Å². The van der Waals surface area contributed by atoms with Gasteiger partial charge in [0.05, 0.1) is 25.2 Å². The van der Waals surface area contributed by atoms with Gasteiger partial charge in [-0.05, 0) is 51.4 Å². The second-order valence-corrected chi connectivity index (χ2v) is 20.1. The lowest BCUT2D eigenvalue weighted by Crippen LogP contribution is -2.46. The van der Waals surface area contributed by atoms with E-state index in [0.29, 0.717) is 19.3 Å². The van der Waals surface area contributed by atoms with E-state index < -0.39 is 18.2 Å². The normalized spacial score (nSPS) is 13.2. The SMILES string of the molecule is CCCCCCCCC/C=C/C=C/CCCCCC(=O)OC(CCCCCCCCCCCCCCCC)CC(=O)NC(CO)C(O)CCCCCCCCCCCCCCCCCC. The van der Waals surface area contributed by atoms with Crippen LogP contribution in [0, 0.1) is 0 Å². The number of aliphatic hydroxyl groups is 2. The number of amides is 1. The average Bonchev–Trinajstić information content (AvgIpc) is 3.30. The van der Waals surface area contributed by atoms with Gasteiger partial charge in [0.15, 0.2) is 0 Å².